The number of nitrogens with zero attached hydrogens (tertiary/aromatic N) is 1. The van der Waals surface area contributed by atoms with Crippen molar-refractivity contribution >= 4 is 17.9 Å². The van der Waals surface area contributed by atoms with Crippen molar-refractivity contribution in [1.82, 2.24) is 10.2 Å². The maximum Gasteiger partial charge on any atom is 0.325 e. The van der Waals surface area contributed by atoms with Gasteiger partial charge in [0.2, 0.25) is 0 Å². The van der Waals surface area contributed by atoms with Gasteiger partial charge in [0.15, 0.2) is 0 Å². The van der Waals surface area contributed by atoms with Gasteiger partial charge in [-0.25, -0.2) is 4.79 Å². The Morgan fingerprint density at radius 1 is 1.32 bits per heavy atom. The highest BCUT2D eigenvalue weighted by Crippen LogP contribution is 2.28. The van der Waals surface area contributed by atoms with E-state index in [1.165, 1.54) is 0 Å². The SMILES string of the molecule is Cc1ccc(C2(C)NC(=O)N(CC(=O)O)C2=O)cc1. The van der Waals surface area contributed by atoms with Crippen LogP contribution in [0.1, 0.15) is 18.1 Å². The van der Waals surface area contributed by atoms with Crippen LogP contribution >= 0.6 is 0 Å². The van der Waals surface area contributed by atoms with Gasteiger partial charge in [-0.15, -0.1) is 0 Å². The molecule has 1 unspecified atom stereocenters. The second-order valence-electron chi connectivity index (χ2n) is 4.71. The van der Waals surface area contributed by atoms with Gasteiger partial charge in [0, 0.05) is 0 Å². The number of imide groups is 1. The summed E-state index contributed by atoms with van der Waals surface area (Å²) in [5, 5.41) is 11.3. The molecule has 1 aromatic carbocycles. The van der Waals surface area contributed by atoms with Gasteiger partial charge in [0.05, 0.1) is 0 Å². The average molecular weight is 262 g/mol. The van der Waals surface area contributed by atoms with E-state index in [-0.39, 0.29) is 0 Å². The summed E-state index contributed by atoms with van der Waals surface area (Å²) in [5.41, 5.74) is 0.455. The summed E-state index contributed by atoms with van der Waals surface area (Å²) in [6, 6.07) is 6.48. The molecule has 19 heavy (non-hydrogen) atoms. The lowest BCUT2D eigenvalue weighted by Crippen LogP contribution is -2.41. The number of aryl methyl sites for hydroxylation is 1. The van der Waals surface area contributed by atoms with Crippen LogP contribution in [-0.4, -0.2) is 34.5 Å². The molecular weight excluding hydrogens is 248 g/mol. The average Bonchev–Trinajstić information content (AvgIpc) is 2.54. The highest BCUT2D eigenvalue weighted by atomic mass is 16.4. The Balaban J connectivity index is 2.35. The molecule has 1 fully saturated rings. The molecule has 0 bridgehead atoms. The van der Waals surface area contributed by atoms with E-state index in [0.717, 1.165) is 5.56 Å². The van der Waals surface area contributed by atoms with Crippen LogP contribution in [0.2, 0.25) is 0 Å². The summed E-state index contributed by atoms with van der Waals surface area (Å²) in [7, 11) is 0. The zero-order valence-electron chi connectivity index (χ0n) is 10.6. The van der Waals surface area contributed by atoms with Crippen LogP contribution in [0.4, 0.5) is 4.79 Å². The highest BCUT2D eigenvalue weighted by Gasteiger charge is 2.49. The highest BCUT2D eigenvalue weighted by molar-refractivity contribution is 6.08. The second-order valence-corrected chi connectivity index (χ2v) is 4.71. The van der Waals surface area contributed by atoms with Gasteiger partial charge in [-0.2, -0.15) is 0 Å². The molecule has 0 saturated carbocycles. The fourth-order valence-corrected chi connectivity index (χ4v) is 2.06. The minimum Gasteiger partial charge on any atom is -0.480 e. The maximum absolute atomic E-state index is 12.2. The van der Waals surface area contributed by atoms with Gasteiger partial charge >= 0.3 is 12.0 Å². The molecule has 0 aromatic heterocycles. The third-order valence-corrected chi connectivity index (χ3v) is 3.20. The van der Waals surface area contributed by atoms with Crippen molar-refractivity contribution in [3.05, 3.63) is 35.4 Å². The zero-order chi connectivity index (χ0) is 14.2. The largest absolute Gasteiger partial charge is 0.480 e. The van der Waals surface area contributed by atoms with Crippen LogP contribution in [0.5, 0.6) is 0 Å². The van der Waals surface area contributed by atoms with E-state index >= 15 is 0 Å². The lowest BCUT2D eigenvalue weighted by molar-refractivity contribution is -0.142. The van der Waals surface area contributed by atoms with E-state index in [2.05, 4.69) is 5.32 Å². The summed E-state index contributed by atoms with van der Waals surface area (Å²) < 4.78 is 0. The zero-order valence-corrected chi connectivity index (χ0v) is 10.6. The lowest BCUT2D eigenvalue weighted by atomic mass is 9.91. The molecule has 3 amide bonds. The van der Waals surface area contributed by atoms with E-state index in [1.807, 2.05) is 19.1 Å². The summed E-state index contributed by atoms with van der Waals surface area (Å²) in [6.45, 7) is 2.85. The third kappa shape index (κ3) is 2.16. The molecular formula is C13H14N2O4. The minimum atomic E-state index is -1.23. The molecule has 6 nitrogen and oxygen atoms in total. The molecule has 6 heteroatoms. The number of carbonyl (C=O) groups excluding carboxylic acids is 2. The van der Waals surface area contributed by atoms with Crippen molar-refractivity contribution in [3.8, 4) is 0 Å². The minimum absolute atomic E-state index is 0.552. The number of nitrogens with one attached hydrogen (secondary N) is 1. The topological polar surface area (TPSA) is 86.7 Å². The Bertz CT molecular complexity index is 552. The molecule has 0 aliphatic carbocycles. The Morgan fingerprint density at radius 3 is 2.42 bits per heavy atom. The number of amides is 3. The van der Waals surface area contributed by atoms with Crippen LogP contribution in [0.15, 0.2) is 24.3 Å². The van der Waals surface area contributed by atoms with Gasteiger partial charge in [-0.05, 0) is 19.4 Å². The van der Waals surface area contributed by atoms with E-state index in [0.29, 0.717) is 10.5 Å². The molecule has 0 spiro atoms. The number of urea groups is 1. The Morgan fingerprint density at radius 2 is 1.89 bits per heavy atom. The van der Waals surface area contributed by atoms with Crippen LogP contribution in [0, 0.1) is 6.92 Å². The number of hydrogen-bond donors (Lipinski definition) is 2. The smallest absolute Gasteiger partial charge is 0.325 e. The van der Waals surface area contributed by atoms with E-state index in [4.69, 9.17) is 5.11 Å². The predicted molar refractivity (Wildman–Crippen MR) is 66.4 cm³/mol. The number of hydrogen-bond acceptors (Lipinski definition) is 3. The Kier molecular flexibility index (Phi) is 3.01. The molecule has 2 N–H and O–H groups in total. The molecule has 1 aromatic rings. The van der Waals surface area contributed by atoms with Crippen molar-refractivity contribution in [2.45, 2.75) is 19.4 Å². The number of carbonyl (C=O) groups is 3. The van der Waals surface area contributed by atoms with Crippen molar-refractivity contribution in [2.75, 3.05) is 6.54 Å². The third-order valence-electron chi connectivity index (χ3n) is 3.20. The molecule has 1 atom stereocenters. The lowest BCUT2D eigenvalue weighted by Gasteiger charge is -2.22. The first-order valence-electron chi connectivity index (χ1n) is 5.77. The number of carboxylic acids is 1. The Labute approximate surface area is 110 Å². The predicted octanol–water partition coefficient (Wildman–Crippen LogP) is 0.847. The first-order chi connectivity index (χ1) is 8.84. The molecule has 1 aliphatic rings. The first-order valence-corrected chi connectivity index (χ1v) is 5.77. The summed E-state index contributed by atoms with van der Waals surface area (Å²) in [4.78, 5) is 35.3. The van der Waals surface area contributed by atoms with Gasteiger partial charge in [0.1, 0.15) is 12.1 Å². The Hall–Kier alpha value is -2.37. The van der Waals surface area contributed by atoms with Crippen LogP contribution < -0.4 is 5.32 Å². The summed E-state index contributed by atoms with van der Waals surface area (Å²) in [6.07, 6.45) is 0. The van der Waals surface area contributed by atoms with Gasteiger partial charge in [-0.3, -0.25) is 14.5 Å². The van der Waals surface area contributed by atoms with Crippen molar-refractivity contribution in [3.63, 3.8) is 0 Å². The van der Waals surface area contributed by atoms with Crippen molar-refractivity contribution in [1.29, 1.82) is 0 Å². The first kappa shape index (κ1) is 13.1. The van der Waals surface area contributed by atoms with Gasteiger partial charge in [0.25, 0.3) is 5.91 Å². The number of aliphatic carboxylic acids is 1. The van der Waals surface area contributed by atoms with Gasteiger partial charge < -0.3 is 10.4 Å². The van der Waals surface area contributed by atoms with Crippen molar-refractivity contribution < 1.29 is 19.5 Å². The summed E-state index contributed by atoms with van der Waals surface area (Å²) in [5.74, 6) is -1.78. The second kappa shape index (κ2) is 4.38. The number of carboxylic acid groups (broad SMARTS) is 1. The fourth-order valence-electron chi connectivity index (χ4n) is 2.06. The molecule has 0 radical (unpaired) electrons. The van der Waals surface area contributed by atoms with E-state index < -0.39 is 30.0 Å². The standard InChI is InChI=1S/C13H14N2O4/c1-8-3-5-9(6-4-8)13(2)11(18)15(7-10(16)17)12(19)14-13/h3-6H,7H2,1-2H3,(H,14,19)(H,16,17). The van der Waals surface area contributed by atoms with Crippen molar-refractivity contribution in [2.24, 2.45) is 0 Å². The molecule has 1 heterocycles. The summed E-state index contributed by atoms with van der Waals surface area (Å²) >= 11 is 0. The number of benzene rings is 1. The monoisotopic (exact) mass is 262 g/mol. The van der Waals surface area contributed by atoms with Gasteiger partial charge in [-0.1, -0.05) is 29.8 Å². The van der Waals surface area contributed by atoms with E-state index in [1.54, 1.807) is 19.1 Å². The normalized spacial score (nSPS) is 22.5. The van der Waals surface area contributed by atoms with Crippen LogP contribution in [0.25, 0.3) is 0 Å². The van der Waals surface area contributed by atoms with Crippen LogP contribution in [-0.2, 0) is 15.1 Å². The number of rotatable bonds is 3. The van der Waals surface area contributed by atoms with Crippen LogP contribution in [0.3, 0.4) is 0 Å². The molecule has 2 rings (SSSR count). The molecule has 1 aliphatic heterocycles. The fraction of sp³-hybridized carbons (Fsp3) is 0.308. The van der Waals surface area contributed by atoms with E-state index in [9.17, 15) is 14.4 Å². The maximum atomic E-state index is 12.2. The molecule has 1 saturated heterocycles. The quantitative estimate of drug-likeness (QED) is 0.790. The molecule has 100 valence electrons.